The summed E-state index contributed by atoms with van der Waals surface area (Å²) in [6.07, 6.45) is 1.50. The average molecular weight is 426 g/mol. The summed E-state index contributed by atoms with van der Waals surface area (Å²) in [6, 6.07) is 7.78. The van der Waals surface area contributed by atoms with Crippen LogP contribution >= 0.6 is 22.9 Å². The molecule has 1 atom stereocenters. The van der Waals surface area contributed by atoms with Crippen LogP contribution in [0.5, 0.6) is 0 Å². The smallest absolute Gasteiger partial charge is 0.263 e. The fourth-order valence-electron chi connectivity index (χ4n) is 3.58. The molecule has 4 heterocycles. The van der Waals surface area contributed by atoms with E-state index in [1.807, 2.05) is 31.2 Å². The van der Waals surface area contributed by atoms with Crippen molar-refractivity contribution in [2.24, 2.45) is 0 Å². The van der Waals surface area contributed by atoms with Gasteiger partial charge in [-0.3, -0.25) is 4.79 Å². The first-order chi connectivity index (χ1) is 14.0. The van der Waals surface area contributed by atoms with Gasteiger partial charge in [-0.1, -0.05) is 0 Å². The number of aliphatic hydroxyl groups is 1. The van der Waals surface area contributed by atoms with Crippen LogP contribution in [0.3, 0.4) is 0 Å². The summed E-state index contributed by atoms with van der Waals surface area (Å²) >= 11 is 7.42. The molecule has 1 aliphatic heterocycles. The highest BCUT2D eigenvalue weighted by molar-refractivity contribution is 7.21. The monoisotopic (exact) mass is 425 g/mol. The molecule has 29 heavy (non-hydrogen) atoms. The summed E-state index contributed by atoms with van der Waals surface area (Å²) in [5, 5.41) is 18.1. The number of anilines is 1. The van der Waals surface area contributed by atoms with E-state index in [2.05, 4.69) is 20.6 Å². The first-order valence-corrected chi connectivity index (χ1v) is 10.3. The number of hydrogen-bond donors (Lipinski definition) is 3. The van der Waals surface area contributed by atoms with E-state index in [9.17, 15) is 9.90 Å². The SMILES string of the molecule is C[C@@H]1CNc2c(sc3ccc4nc(-c5nc(Cl)ncc5CO)ccc4c23)C(=O)N1. The number of nitrogens with zero attached hydrogens (tertiary/aromatic N) is 3. The molecule has 146 valence electrons. The lowest BCUT2D eigenvalue weighted by Gasteiger charge is -2.10. The number of carbonyl (C=O) groups excluding carboxylic acids is 1. The van der Waals surface area contributed by atoms with Crippen molar-refractivity contribution in [2.45, 2.75) is 19.6 Å². The van der Waals surface area contributed by atoms with E-state index in [0.717, 1.165) is 26.7 Å². The van der Waals surface area contributed by atoms with Crippen LogP contribution in [0, 0.1) is 0 Å². The number of aliphatic hydroxyl groups excluding tert-OH is 1. The van der Waals surface area contributed by atoms with Crippen LogP contribution in [0.25, 0.3) is 32.4 Å². The van der Waals surface area contributed by atoms with Crippen LogP contribution in [0.1, 0.15) is 22.2 Å². The predicted molar refractivity (Wildman–Crippen MR) is 115 cm³/mol. The number of fused-ring (bicyclic) bond motifs is 5. The Morgan fingerprint density at radius 3 is 2.97 bits per heavy atom. The maximum Gasteiger partial charge on any atom is 0.263 e. The van der Waals surface area contributed by atoms with E-state index in [1.54, 1.807) is 0 Å². The van der Waals surface area contributed by atoms with Crippen molar-refractivity contribution < 1.29 is 9.90 Å². The third-order valence-electron chi connectivity index (χ3n) is 4.94. The number of hydrogen-bond acceptors (Lipinski definition) is 7. The number of carbonyl (C=O) groups is 1. The van der Waals surface area contributed by atoms with Gasteiger partial charge in [0.1, 0.15) is 4.88 Å². The van der Waals surface area contributed by atoms with Crippen LogP contribution in [0.4, 0.5) is 5.69 Å². The maximum atomic E-state index is 12.6. The van der Waals surface area contributed by atoms with Crippen LogP contribution in [-0.2, 0) is 6.61 Å². The number of pyridine rings is 1. The van der Waals surface area contributed by atoms with Crippen molar-refractivity contribution in [3.8, 4) is 11.4 Å². The molecule has 0 radical (unpaired) electrons. The number of rotatable bonds is 2. The van der Waals surface area contributed by atoms with E-state index in [1.165, 1.54) is 17.5 Å². The van der Waals surface area contributed by atoms with Crippen molar-refractivity contribution in [2.75, 3.05) is 11.9 Å². The zero-order valence-corrected chi connectivity index (χ0v) is 16.9. The number of aromatic nitrogens is 3. The largest absolute Gasteiger partial charge is 0.392 e. The molecule has 0 unspecified atom stereocenters. The minimum absolute atomic E-state index is 0.0521. The van der Waals surface area contributed by atoms with Crippen LogP contribution in [0.2, 0.25) is 5.28 Å². The molecule has 0 bridgehead atoms. The highest BCUT2D eigenvalue weighted by Gasteiger charge is 2.25. The molecule has 0 fully saturated rings. The van der Waals surface area contributed by atoms with Crippen molar-refractivity contribution in [3.63, 3.8) is 0 Å². The topological polar surface area (TPSA) is 100 Å². The Morgan fingerprint density at radius 1 is 1.28 bits per heavy atom. The van der Waals surface area contributed by atoms with Gasteiger partial charge < -0.3 is 15.7 Å². The Labute approximate surface area is 174 Å². The third-order valence-corrected chi connectivity index (χ3v) is 6.27. The first kappa shape index (κ1) is 18.2. The maximum absolute atomic E-state index is 12.6. The summed E-state index contributed by atoms with van der Waals surface area (Å²) in [4.78, 5) is 26.2. The fraction of sp³-hybridized carbons (Fsp3) is 0.200. The van der Waals surface area contributed by atoms with Crippen molar-refractivity contribution in [3.05, 3.63) is 46.2 Å². The quantitative estimate of drug-likeness (QED) is 0.424. The summed E-state index contributed by atoms with van der Waals surface area (Å²) in [6.45, 7) is 2.42. The molecule has 0 spiro atoms. The Hall–Kier alpha value is -2.81. The number of halogens is 1. The van der Waals surface area contributed by atoms with Gasteiger partial charge in [-0.2, -0.15) is 0 Å². The summed E-state index contributed by atoms with van der Waals surface area (Å²) in [5.74, 6) is -0.0559. The Kier molecular flexibility index (Phi) is 4.34. The Morgan fingerprint density at radius 2 is 2.14 bits per heavy atom. The molecule has 0 saturated carbocycles. The highest BCUT2D eigenvalue weighted by atomic mass is 35.5. The van der Waals surface area contributed by atoms with Gasteiger partial charge in [0.2, 0.25) is 5.28 Å². The average Bonchev–Trinajstić information content (AvgIpc) is 3.04. The summed E-state index contributed by atoms with van der Waals surface area (Å²) < 4.78 is 1.02. The van der Waals surface area contributed by atoms with Gasteiger partial charge in [0, 0.05) is 39.8 Å². The zero-order valence-electron chi connectivity index (χ0n) is 15.4. The van der Waals surface area contributed by atoms with Crippen molar-refractivity contribution in [1.29, 1.82) is 0 Å². The molecule has 9 heteroatoms. The minimum atomic E-state index is -0.208. The van der Waals surface area contributed by atoms with Gasteiger partial charge in [-0.25, -0.2) is 15.0 Å². The number of thiophene rings is 1. The molecule has 5 rings (SSSR count). The van der Waals surface area contributed by atoms with E-state index in [4.69, 9.17) is 16.6 Å². The summed E-state index contributed by atoms with van der Waals surface area (Å²) in [7, 11) is 0. The molecule has 1 aromatic carbocycles. The highest BCUT2D eigenvalue weighted by Crippen LogP contribution is 2.41. The van der Waals surface area contributed by atoms with Crippen LogP contribution in [-0.4, -0.2) is 38.6 Å². The van der Waals surface area contributed by atoms with Crippen molar-refractivity contribution >= 4 is 55.5 Å². The van der Waals surface area contributed by atoms with Gasteiger partial charge in [0.15, 0.2) is 0 Å². The molecule has 3 N–H and O–H groups in total. The molecule has 0 saturated heterocycles. The molecular weight excluding hydrogens is 410 g/mol. The van der Waals surface area contributed by atoms with Crippen molar-refractivity contribution in [1.82, 2.24) is 20.3 Å². The normalized spacial score (nSPS) is 16.4. The third kappa shape index (κ3) is 3.00. The lowest BCUT2D eigenvalue weighted by atomic mass is 10.1. The number of benzene rings is 1. The molecule has 3 aromatic heterocycles. The predicted octanol–water partition coefficient (Wildman–Crippen LogP) is 3.60. The fourth-order valence-corrected chi connectivity index (χ4v) is 4.81. The van der Waals surface area contributed by atoms with Gasteiger partial charge >= 0.3 is 0 Å². The van der Waals surface area contributed by atoms with E-state index in [-0.39, 0.29) is 23.8 Å². The molecule has 1 amide bonds. The lowest BCUT2D eigenvalue weighted by molar-refractivity contribution is 0.0949. The minimum Gasteiger partial charge on any atom is -0.392 e. The van der Waals surface area contributed by atoms with Gasteiger partial charge in [-0.05, 0) is 42.8 Å². The van der Waals surface area contributed by atoms with E-state index < -0.39 is 0 Å². The second-order valence-electron chi connectivity index (χ2n) is 6.93. The Balaban J connectivity index is 1.72. The molecular formula is C20H16ClN5O2S. The van der Waals surface area contributed by atoms with E-state index >= 15 is 0 Å². The number of nitrogens with one attached hydrogen (secondary N) is 2. The van der Waals surface area contributed by atoms with Crippen LogP contribution in [0.15, 0.2) is 30.5 Å². The first-order valence-electron chi connectivity index (χ1n) is 9.09. The molecule has 0 aliphatic carbocycles. The second kappa shape index (κ2) is 6.91. The van der Waals surface area contributed by atoms with Gasteiger partial charge in [0.25, 0.3) is 5.91 Å². The number of amides is 1. The second-order valence-corrected chi connectivity index (χ2v) is 8.32. The molecule has 4 aromatic rings. The van der Waals surface area contributed by atoms with E-state index in [0.29, 0.717) is 28.4 Å². The van der Waals surface area contributed by atoms with Gasteiger partial charge in [-0.15, -0.1) is 11.3 Å². The molecule has 1 aliphatic rings. The zero-order chi connectivity index (χ0) is 20.1. The van der Waals surface area contributed by atoms with Crippen LogP contribution < -0.4 is 10.6 Å². The standard InChI is InChI=1S/C20H16ClN5O2S/c1-9-6-22-17-15-11-2-3-13(16-10(8-27)7-23-20(21)26-16)25-12(11)4-5-14(15)29-18(17)19(28)24-9/h2-5,7,9,22,27H,6,8H2,1H3,(H,24,28)/t9-/m1/s1. The molecule has 7 nitrogen and oxygen atoms in total. The lowest BCUT2D eigenvalue weighted by Crippen LogP contribution is -2.34. The Bertz CT molecular complexity index is 1290. The van der Waals surface area contributed by atoms with Gasteiger partial charge in [0.05, 0.1) is 29.2 Å². The summed E-state index contributed by atoms with van der Waals surface area (Å²) in [5.41, 5.74) is 3.29.